The normalized spacial score (nSPS) is 12.1. The van der Waals surface area contributed by atoms with Crippen molar-refractivity contribution in [3.05, 3.63) is 70.7 Å². The molecule has 1 heterocycles. The van der Waals surface area contributed by atoms with Gasteiger partial charge in [0.25, 0.3) is 5.91 Å². The number of rotatable bonds is 9. The van der Waals surface area contributed by atoms with Crippen LogP contribution in [0.15, 0.2) is 54.6 Å². The molecule has 34 heavy (non-hydrogen) atoms. The third-order valence-electron chi connectivity index (χ3n) is 5.09. The van der Waals surface area contributed by atoms with E-state index in [0.717, 1.165) is 28.3 Å². The SMILES string of the molecule is CCOc1cc(CNc2ccc3c(c2)OCCO3)cc(Cl)c1OCC(=O)Nc1ccc(C)cc1. The van der Waals surface area contributed by atoms with Gasteiger partial charge in [-0.15, -0.1) is 0 Å². The average Bonchev–Trinajstić information content (AvgIpc) is 2.84. The van der Waals surface area contributed by atoms with E-state index < -0.39 is 0 Å². The van der Waals surface area contributed by atoms with Gasteiger partial charge in [-0.25, -0.2) is 0 Å². The molecule has 0 aromatic heterocycles. The van der Waals surface area contributed by atoms with Gasteiger partial charge in [0.05, 0.1) is 11.6 Å². The number of hydrogen-bond donors (Lipinski definition) is 2. The smallest absolute Gasteiger partial charge is 0.262 e. The summed E-state index contributed by atoms with van der Waals surface area (Å²) in [5, 5.41) is 6.53. The van der Waals surface area contributed by atoms with Crippen molar-refractivity contribution < 1.29 is 23.7 Å². The van der Waals surface area contributed by atoms with Gasteiger partial charge in [0, 0.05) is 24.0 Å². The van der Waals surface area contributed by atoms with E-state index in [-0.39, 0.29) is 12.5 Å². The van der Waals surface area contributed by atoms with Gasteiger partial charge < -0.3 is 29.6 Å². The number of amides is 1. The van der Waals surface area contributed by atoms with Gasteiger partial charge in [-0.3, -0.25) is 4.79 Å². The fourth-order valence-corrected chi connectivity index (χ4v) is 3.74. The lowest BCUT2D eigenvalue weighted by molar-refractivity contribution is -0.118. The Morgan fingerprint density at radius 1 is 0.971 bits per heavy atom. The minimum atomic E-state index is -0.285. The molecule has 7 nitrogen and oxygen atoms in total. The molecule has 3 aromatic rings. The summed E-state index contributed by atoms with van der Waals surface area (Å²) in [6.07, 6.45) is 0. The van der Waals surface area contributed by atoms with Crippen molar-refractivity contribution in [2.45, 2.75) is 20.4 Å². The first-order chi connectivity index (χ1) is 16.5. The predicted octanol–water partition coefficient (Wildman–Crippen LogP) is 5.45. The molecule has 3 aromatic carbocycles. The van der Waals surface area contributed by atoms with Gasteiger partial charge in [0.2, 0.25) is 0 Å². The zero-order valence-corrected chi connectivity index (χ0v) is 19.9. The maximum absolute atomic E-state index is 12.3. The van der Waals surface area contributed by atoms with Crippen molar-refractivity contribution in [2.75, 3.05) is 37.1 Å². The number of nitrogens with one attached hydrogen (secondary N) is 2. The molecule has 0 spiro atoms. The minimum absolute atomic E-state index is 0.192. The molecule has 0 unspecified atom stereocenters. The van der Waals surface area contributed by atoms with Crippen LogP contribution in [0.25, 0.3) is 0 Å². The van der Waals surface area contributed by atoms with Crippen LogP contribution in [-0.4, -0.2) is 32.3 Å². The molecule has 0 saturated carbocycles. The van der Waals surface area contributed by atoms with Crippen molar-refractivity contribution in [2.24, 2.45) is 0 Å². The number of aryl methyl sites for hydroxylation is 1. The lowest BCUT2D eigenvalue weighted by atomic mass is 10.2. The zero-order chi connectivity index (χ0) is 23.9. The van der Waals surface area contributed by atoms with E-state index in [1.54, 1.807) is 6.07 Å². The van der Waals surface area contributed by atoms with Crippen LogP contribution in [0, 0.1) is 6.92 Å². The zero-order valence-electron chi connectivity index (χ0n) is 19.2. The first-order valence-corrected chi connectivity index (χ1v) is 11.5. The van der Waals surface area contributed by atoms with Crippen LogP contribution in [-0.2, 0) is 11.3 Å². The van der Waals surface area contributed by atoms with Gasteiger partial charge in [-0.05, 0) is 55.8 Å². The molecule has 0 bridgehead atoms. The molecule has 4 rings (SSSR count). The minimum Gasteiger partial charge on any atom is -0.490 e. The van der Waals surface area contributed by atoms with E-state index >= 15 is 0 Å². The fourth-order valence-electron chi connectivity index (χ4n) is 3.46. The van der Waals surface area contributed by atoms with Crippen LogP contribution in [0.1, 0.15) is 18.1 Å². The molecule has 0 saturated heterocycles. The molecule has 1 amide bonds. The average molecular weight is 483 g/mol. The standard InChI is InChI=1S/C26H27ClN2O5/c1-3-31-24-13-18(15-28-20-8-9-22-23(14-20)33-11-10-32-22)12-21(27)26(24)34-16-25(30)29-19-6-4-17(2)5-7-19/h4-9,12-14,28H,3,10-11,15-16H2,1-2H3,(H,29,30). The van der Waals surface area contributed by atoms with E-state index in [1.165, 1.54) is 0 Å². The number of anilines is 2. The maximum atomic E-state index is 12.3. The largest absolute Gasteiger partial charge is 0.490 e. The highest BCUT2D eigenvalue weighted by molar-refractivity contribution is 6.32. The molecule has 0 atom stereocenters. The third kappa shape index (κ3) is 6.05. The number of carbonyl (C=O) groups is 1. The Balaban J connectivity index is 1.40. The van der Waals surface area contributed by atoms with Crippen LogP contribution in [0.3, 0.4) is 0 Å². The Kier molecular flexibility index (Phi) is 7.65. The Morgan fingerprint density at radius 3 is 2.47 bits per heavy atom. The highest BCUT2D eigenvalue weighted by Gasteiger charge is 2.16. The molecule has 0 aliphatic carbocycles. The van der Waals surface area contributed by atoms with E-state index in [2.05, 4.69) is 10.6 Å². The quantitative estimate of drug-likeness (QED) is 0.422. The summed E-state index contributed by atoms with van der Waals surface area (Å²) in [5.41, 5.74) is 3.62. The lowest BCUT2D eigenvalue weighted by Gasteiger charge is -2.19. The summed E-state index contributed by atoms with van der Waals surface area (Å²) in [7, 11) is 0. The summed E-state index contributed by atoms with van der Waals surface area (Å²) in [5.74, 6) is 2.00. The topological polar surface area (TPSA) is 78.1 Å². The molecular weight excluding hydrogens is 456 g/mol. The van der Waals surface area contributed by atoms with Crippen LogP contribution < -0.4 is 29.6 Å². The number of halogens is 1. The summed E-state index contributed by atoms with van der Waals surface area (Å²) < 4.78 is 22.7. The Labute approximate surface area is 203 Å². The van der Waals surface area contributed by atoms with Gasteiger partial charge in [-0.2, -0.15) is 0 Å². The van der Waals surface area contributed by atoms with E-state index in [9.17, 15) is 4.79 Å². The number of benzene rings is 3. The van der Waals surface area contributed by atoms with Gasteiger partial charge >= 0.3 is 0 Å². The van der Waals surface area contributed by atoms with Crippen molar-refractivity contribution in [3.8, 4) is 23.0 Å². The second kappa shape index (κ2) is 11.0. The Morgan fingerprint density at radius 2 is 1.71 bits per heavy atom. The molecule has 1 aliphatic rings. The highest BCUT2D eigenvalue weighted by atomic mass is 35.5. The monoisotopic (exact) mass is 482 g/mol. The first-order valence-electron chi connectivity index (χ1n) is 11.1. The van der Waals surface area contributed by atoms with Crippen LogP contribution in [0.4, 0.5) is 11.4 Å². The van der Waals surface area contributed by atoms with E-state index in [4.69, 9.17) is 30.5 Å². The predicted molar refractivity (Wildman–Crippen MR) is 133 cm³/mol. The Hall–Kier alpha value is -3.58. The molecule has 1 aliphatic heterocycles. The van der Waals surface area contributed by atoms with Crippen molar-refractivity contribution >= 4 is 28.9 Å². The number of carbonyl (C=O) groups excluding carboxylic acids is 1. The second-order valence-corrected chi connectivity index (χ2v) is 8.16. The summed E-state index contributed by atoms with van der Waals surface area (Å²) in [4.78, 5) is 12.3. The molecule has 0 radical (unpaired) electrons. The van der Waals surface area contributed by atoms with Crippen molar-refractivity contribution in [3.63, 3.8) is 0 Å². The first kappa shape index (κ1) is 23.6. The van der Waals surface area contributed by atoms with Crippen LogP contribution in [0.5, 0.6) is 23.0 Å². The molecule has 0 fully saturated rings. The maximum Gasteiger partial charge on any atom is 0.262 e. The fraction of sp³-hybridized carbons (Fsp3) is 0.269. The molecule has 8 heteroatoms. The second-order valence-electron chi connectivity index (χ2n) is 7.75. The third-order valence-corrected chi connectivity index (χ3v) is 5.37. The number of hydrogen-bond acceptors (Lipinski definition) is 6. The lowest BCUT2D eigenvalue weighted by Crippen LogP contribution is -2.20. The Bertz CT molecular complexity index is 1150. The van der Waals surface area contributed by atoms with Crippen molar-refractivity contribution in [1.29, 1.82) is 0 Å². The van der Waals surface area contributed by atoms with Gasteiger partial charge in [0.15, 0.2) is 29.6 Å². The van der Waals surface area contributed by atoms with E-state index in [1.807, 2.05) is 62.4 Å². The summed E-state index contributed by atoms with van der Waals surface area (Å²) in [6, 6.07) is 16.9. The van der Waals surface area contributed by atoms with Crippen molar-refractivity contribution in [1.82, 2.24) is 0 Å². The van der Waals surface area contributed by atoms with Crippen LogP contribution in [0.2, 0.25) is 5.02 Å². The molecular formula is C26H27ClN2O5. The number of fused-ring (bicyclic) bond motifs is 1. The molecule has 178 valence electrons. The summed E-state index contributed by atoms with van der Waals surface area (Å²) in [6.45, 7) is 5.70. The van der Waals surface area contributed by atoms with Crippen LogP contribution >= 0.6 is 11.6 Å². The highest BCUT2D eigenvalue weighted by Crippen LogP contribution is 2.37. The van der Waals surface area contributed by atoms with E-state index in [0.29, 0.717) is 48.6 Å². The van der Waals surface area contributed by atoms with Gasteiger partial charge in [-0.1, -0.05) is 29.3 Å². The number of ether oxygens (including phenoxy) is 4. The molecule has 2 N–H and O–H groups in total. The summed E-state index contributed by atoms with van der Waals surface area (Å²) >= 11 is 6.51. The van der Waals surface area contributed by atoms with Gasteiger partial charge in [0.1, 0.15) is 13.2 Å².